The molecule has 0 saturated heterocycles. The Kier molecular flexibility index (Phi) is 5.40. The van der Waals surface area contributed by atoms with Crippen LogP contribution in [0.3, 0.4) is 0 Å². The Morgan fingerprint density at radius 1 is 1.16 bits per heavy atom. The largest absolute Gasteiger partial charge is 0.385 e. The molecule has 0 bridgehead atoms. The average molecular weight is 339 g/mol. The van der Waals surface area contributed by atoms with Crippen LogP contribution in [0.5, 0.6) is 0 Å². The predicted molar refractivity (Wildman–Crippen MR) is 94.9 cm³/mol. The lowest BCUT2D eigenvalue weighted by Gasteiger charge is -2.17. The lowest BCUT2D eigenvalue weighted by atomic mass is 10.2. The monoisotopic (exact) mass is 339 g/mol. The zero-order chi connectivity index (χ0) is 17.6. The number of ether oxygens (including phenoxy) is 1. The van der Waals surface area contributed by atoms with Crippen LogP contribution in [-0.4, -0.2) is 43.6 Å². The van der Waals surface area contributed by atoms with Crippen LogP contribution in [-0.2, 0) is 11.2 Å². The summed E-state index contributed by atoms with van der Waals surface area (Å²) in [5, 5.41) is 2.78. The summed E-state index contributed by atoms with van der Waals surface area (Å²) < 4.78 is 4.95. The number of carbonyl (C=O) groups excluding carboxylic acids is 2. The molecule has 1 aromatic carbocycles. The summed E-state index contributed by atoms with van der Waals surface area (Å²) in [5.74, 6) is -0.466. The van der Waals surface area contributed by atoms with Gasteiger partial charge in [0.05, 0.1) is 0 Å². The third-order valence-corrected chi connectivity index (χ3v) is 4.14. The Labute approximate surface area is 146 Å². The van der Waals surface area contributed by atoms with Crippen molar-refractivity contribution in [1.29, 1.82) is 0 Å². The maximum atomic E-state index is 12.8. The van der Waals surface area contributed by atoms with E-state index < -0.39 is 0 Å². The second-order valence-electron chi connectivity index (χ2n) is 5.85. The normalized spacial score (nSPS) is 12.8. The van der Waals surface area contributed by atoms with Crippen molar-refractivity contribution in [3.05, 3.63) is 59.4 Å². The summed E-state index contributed by atoms with van der Waals surface area (Å²) in [6, 6.07) is 12.8. The lowest BCUT2D eigenvalue weighted by Crippen LogP contribution is -2.31. The smallest absolute Gasteiger partial charge is 0.276 e. The van der Waals surface area contributed by atoms with Gasteiger partial charge in [-0.05, 0) is 36.6 Å². The molecule has 1 N–H and O–H groups in total. The first-order chi connectivity index (χ1) is 12.2. The van der Waals surface area contributed by atoms with Crippen LogP contribution in [0.1, 0.15) is 33.0 Å². The molecule has 0 radical (unpaired) electrons. The second kappa shape index (κ2) is 7.90. The van der Waals surface area contributed by atoms with Crippen molar-refractivity contribution in [3.8, 4) is 0 Å². The van der Waals surface area contributed by atoms with E-state index in [0.29, 0.717) is 19.7 Å². The molecule has 0 spiro atoms. The van der Waals surface area contributed by atoms with E-state index in [1.54, 1.807) is 30.2 Å². The topological polar surface area (TPSA) is 71.5 Å². The molecule has 6 heteroatoms. The number of anilines is 1. The van der Waals surface area contributed by atoms with E-state index in [9.17, 15) is 9.59 Å². The fourth-order valence-electron chi connectivity index (χ4n) is 2.88. The summed E-state index contributed by atoms with van der Waals surface area (Å²) >= 11 is 0. The highest BCUT2D eigenvalue weighted by atomic mass is 16.5. The summed E-state index contributed by atoms with van der Waals surface area (Å²) in [7, 11) is 1.62. The molecule has 1 aliphatic rings. The minimum atomic E-state index is -0.285. The molecule has 2 amide bonds. The van der Waals surface area contributed by atoms with Gasteiger partial charge in [0.2, 0.25) is 0 Å². The first-order valence-corrected chi connectivity index (χ1v) is 8.34. The number of pyridine rings is 1. The number of hydrogen-bond acceptors (Lipinski definition) is 4. The average Bonchev–Trinajstić information content (AvgIpc) is 3.08. The number of amides is 2. The van der Waals surface area contributed by atoms with Gasteiger partial charge in [-0.25, -0.2) is 4.98 Å². The SMILES string of the molecule is COCCCNC(=O)c1cccc(C(=O)N2CCc3ccccc32)n1. The Morgan fingerprint density at radius 2 is 1.96 bits per heavy atom. The first kappa shape index (κ1) is 17.1. The van der Waals surface area contributed by atoms with E-state index >= 15 is 0 Å². The van der Waals surface area contributed by atoms with Gasteiger partial charge in [-0.3, -0.25) is 9.59 Å². The number of aromatic nitrogens is 1. The second-order valence-corrected chi connectivity index (χ2v) is 5.85. The molecule has 0 saturated carbocycles. The minimum absolute atomic E-state index is 0.181. The number of nitrogens with one attached hydrogen (secondary N) is 1. The first-order valence-electron chi connectivity index (χ1n) is 8.34. The summed E-state index contributed by atoms with van der Waals surface area (Å²) in [6.07, 6.45) is 1.56. The fraction of sp³-hybridized carbons (Fsp3) is 0.316. The number of fused-ring (bicyclic) bond motifs is 1. The van der Waals surface area contributed by atoms with Gasteiger partial charge in [0.1, 0.15) is 11.4 Å². The third kappa shape index (κ3) is 3.85. The van der Waals surface area contributed by atoms with Crippen molar-refractivity contribution in [2.24, 2.45) is 0 Å². The Bertz CT molecular complexity index is 776. The van der Waals surface area contributed by atoms with Gasteiger partial charge in [0, 0.05) is 32.5 Å². The van der Waals surface area contributed by atoms with Gasteiger partial charge in [-0.2, -0.15) is 0 Å². The van der Waals surface area contributed by atoms with E-state index in [-0.39, 0.29) is 23.2 Å². The molecule has 2 aromatic rings. The molecular formula is C19H21N3O3. The van der Waals surface area contributed by atoms with E-state index in [1.807, 2.05) is 24.3 Å². The minimum Gasteiger partial charge on any atom is -0.385 e. The van der Waals surface area contributed by atoms with Crippen LogP contribution in [0.4, 0.5) is 5.69 Å². The van der Waals surface area contributed by atoms with Gasteiger partial charge < -0.3 is 15.0 Å². The van der Waals surface area contributed by atoms with Crippen molar-refractivity contribution in [2.75, 3.05) is 31.7 Å². The maximum absolute atomic E-state index is 12.8. The van der Waals surface area contributed by atoms with Crippen molar-refractivity contribution in [2.45, 2.75) is 12.8 Å². The summed E-state index contributed by atoms with van der Waals surface area (Å²) in [6.45, 7) is 1.72. The van der Waals surface area contributed by atoms with Crippen molar-refractivity contribution >= 4 is 17.5 Å². The van der Waals surface area contributed by atoms with Gasteiger partial charge in [0.15, 0.2) is 0 Å². The number of benzene rings is 1. The molecule has 0 unspecified atom stereocenters. The Hall–Kier alpha value is -2.73. The van der Waals surface area contributed by atoms with Crippen LogP contribution >= 0.6 is 0 Å². The van der Waals surface area contributed by atoms with Gasteiger partial charge in [-0.15, -0.1) is 0 Å². The zero-order valence-electron chi connectivity index (χ0n) is 14.2. The summed E-state index contributed by atoms with van der Waals surface area (Å²) in [5.41, 5.74) is 2.60. The molecule has 130 valence electrons. The van der Waals surface area contributed by atoms with E-state index in [2.05, 4.69) is 10.3 Å². The molecule has 6 nitrogen and oxygen atoms in total. The van der Waals surface area contributed by atoms with E-state index in [1.165, 1.54) is 0 Å². The third-order valence-electron chi connectivity index (χ3n) is 4.14. The fourth-order valence-corrected chi connectivity index (χ4v) is 2.88. The van der Waals surface area contributed by atoms with Gasteiger partial charge in [0.25, 0.3) is 11.8 Å². The molecular weight excluding hydrogens is 318 g/mol. The number of para-hydroxylation sites is 1. The van der Waals surface area contributed by atoms with Crippen LogP contribution < -0.4 is 10.2 Å². The number of methoxy groups -OCH3 is 1. The van der Waals surface area contributed by atoms with Gasteiger partial charge in [-0.1, -0.05) is 24.3 Å². The van der Waals surface area contributed by atoms with E-state index in [4.69, 9.17) is 4.74 Å². The van der Waals surface area contributed by atoms with Crippen LogP contribution in [0.25, 0.3) is 0 Å². The number of nitrogens with zero attached hydrogens (tertiary/aromatic N) is 2. The standard InChI is InChI=1S/C19H21N3O3/c1-25-13-5-11-20-18(23)15-7-4-8-16(21-15)19(24)22-12-10-14-6-2-3-9-17(14)22/h2-4,6-9H,5,10-13H2,1H3,(H,20,23). The molecule has 25 heavy (non-hydrogen) atoms. The highest BCUT2D eigenvalue weighted by molar-refractivity contribution is 6.06. The zero-order valence-corrected chi connectivity index (χ0v) is 14.2. The van der Waals surface area contributed by atoms with Crippen molar-refractivity contribution < 1.29 is 14.3 Å². The van der Waals surface area contributed by atoms with Crippen molar-refractivity contribution in [1.82, 2.24) is 10.3 Å². The highest BCUT2D eigenvalue weighted by Crippen LogP contribution is 2.28. The number of carbonyl (C=O) groups is 2. The van der Waals surface area contributed by atoms with E-state index in [0.717, 1.165) is 24.1 Å². The molecule has 2 heterocycles. The quantitative estimate of drug-likeness (QED) is 0.818. The maximum Gasteiger partial charge on any atom is 0.276 e. The number of rotatable bonds is 6. The van der Waals surface area contributed by atoms with Crippen molar-refractivity contribution in [3.63, 3.8) is 0 Å². The molecule has 0 aliphatic carbocycles. The molecule has 1 aromatic heterocycles. The van der Waals surface area contributed by atoms with Gasteiger partial charge >= 0.3 is 0 Å². The van der Waals surface area contributed by atoms with Crippen LogP contribution in [0, 0.1) is 0 Å². The Balaban J connectivity index is 1.71. The number of hydrogen-bond donors (Lipinski definition) is 1. The molecule has 1 aliphatic heterocycles. The molecule has 0 atom stereocenters. The summed E-state index contributed by atoms with van der Waals surface area (Å²) in [4.78, 5) is 30.9. The highest BCUT2D eigenvalue weighted by Gasteiger charge is 2.26. The Morgan fingerprint density at radius 3 is 2.80 bits per heavy atom. The van der Waals surface area contributed by atoms with Crippen LogP contribution in [0.2, 0.25) is 0 Å². The van der Waals surface area contributed by atoms with Crippen LogP contribution in [0.15, 0.2) is 42.5 Å². The molecule has 3 rings (SSSR count). The lowest BCUT2D eigenvalue weighted by molar-refractivity contribution is 0.0943. The predicted octanol–water partition coefficient (Wildman–Crippen LogP) is 2.05. The molecule has 0 fully saturated rings.